The molecule has 0 aliphatic rings. The lowest BCUT2D eigenvalue weighted by Crippen LogP contribution is -2.56. The van der Waals surface area contributed by atoms with Crippen LogP contribution >= 0.6 is 47.0 Å². The first-order valence-electron chi connectivity index (χ1n) is 8.83. The predicted octanol–water partition coefficient (Wildman–Crippen LogP) is 4.32. The number of ketones is 1. The van der Waals surface area contributed by atoms with Crippen molar-refractivity contribution in [3.8, 4) is 11.5 Å². The van der Waals surface area contributed by atoms with Crippen LogP contribution in [0, 0.1) is 0 Å². The van der Waals surface area contributed by atoms with Gasteiger partial charge in [0, 0.05) is 16.8 Å². The molecule has 166 valence electrons. The van der Waals surface area contributed by atoms with Crippen molar-refractivity contribution < 1.29 is 19.1 Å². The monoisotopic (exact) mass is 503 g/mol. The Hall–Kier alpha value is -2.26. The van der Waals surface area contributed by atoms with Crippen molar-refractivity contribution in [2.24, 2.45) is 0 Å². The number of amides is 1. The lowest BCUT2D eigenvalue weighted by molar-refractivity contribution is 0.0933. The van der Waals surface area contributed by atoms with E-state index in [0.717, 1.165) is 0 Å². The van der Waals surface area contributed by atoms with Gasteiger partial charge in [-0.15, -0.1) is 0 Å². The number of halogens is 3. The normalized spacial score (nSPS) is 11.8. The number of carbonyl (C=O) groups excluding carboxylic acids is 2. The number of methoxy groups -OCH3 is 2. The molecule has 0 saturated carbocycles. The van der Waals surface area contributed by atoms with Gasteiger partial charge in [-0.3, -0.25) is 9.59 Å². The first kappa shape index (κ1) is 25.0. The number of anilines is 1. The smallest absolute Gasteiger partial charge is 0.253 e. The van der Waals surface area contributed by atoms with Crippen LogP contribution in [0.4, 0.5) is 5.69 Å². The number of rotatable bonds is 7. The van der Waals surface area contributed by atoms with Gasteiger partial charge in [-0.1, -0.05) is 34.8 Å². The zero-order chi connectivity index (χ0) is 23.2. The molecule has 0 aliphatic carbocycles. The fourth-order valence-corrected chi connectivity index (χ4v) is 3.04. The van der Waals surface area contributed by atoms with Gasteiger partial charge in [0.25, 0.3) is 5.91 Å². The summed E-state index contributed by atoms with van der Waals surface area (Å²) in [6, 6.07) is 11.3. The molecule has 2 aromatic carbocycles. The summed E-state index contributed by atoms with van der Waals surface area (Å²) in [5.41, 5.74) is 1.43. The Morgan fingerprint density at radius 1 is 0.935 bits per heavy atom. The van der Waals surface area contributed by atoms with Crippen LogP contribution in [0.3, 0.4) is 0 Å². The summed E-state index contributed by atoms with van der Waals surface area (Å²) < 4.78 is 8.44. The Morgan fingerprint density at radius 2 is 1.52 bits per heavy atom. The molecule has 2 aromatic rings. The number of carbonyl (C=O) groups is 2. The molecule has 2 rings (SSSR count). The fraction of sp³-hybridized carbons (Fsp3) is 0.250. The number of alkyl halides is 3. The van der Waals surface area contributed by atoms with Gasteiger partial charge in [0.1, 0.15) is 6.17 Å². The van der Waals surface area contributed by atoms with Gasteiger partial charge in [0.2, 0.25) is 3.79 Å². The maximum absolute atomic E-state index is 12.7. The number of thiocarbonyl (C=S) groups is 1. The standard InChI is InChI=1S/C20H20Cl3N3O4S/c1-11(27)12-4-7-14(8-5-12)24-19(31)26-18(20(21,22)23)25-17(28)13-6-9-15(29-2)16(10-13)30-3/h4-10,18H,1-3H3,(H,25,28)(H2,24,26,31). The number of hydrogen-bond acceptors (Lipinski definition) is 5. The third-order valence-corrected chi connectivity index (χ3v) is 4.95. The minimum absolute atomic E-state index is 0.0543. The highest BCUT2D eigenvalue weighted by molar-refractivity contribution is 7.80. The molecule has 0 bridgehead atoms. The van der Waals surface area contributed by atoms with Gasteiger partial charge < -0.3 is 25.4 Å². The second-order valence-corrected chi connectivity index (χ2v) is 9.03. The van der Waals surface area contributed by atoms with Gasteiger partial charge in [0.15, 0.2) is 22.4 Å². The molecule has 31 heavy (non-hydrogen) atoms. The molecular weight excluding hydrogens is 485 g/mol. The molecule has 0 fully saturated rings. The average molecular weight is 505 g/mol. The summed E-state index contributed by atoms with van der Waals surface area (Å²) in [6.07, 6.45) is -1.16. The van der Waals surface area contributed by atoms with E-state index < -0.39 is 15.9 Å². The molecule has 11 heteroatoms. The van der Waals surface area contributed by atoms with Crippen molar-refractivity contribution in [2.45, 2.75) is 16.9 Å². The summed E-state index contributed by atoms with van der Waals surface area (Å²) in [4.78, 5) is 24.1. The van der Waals surface area contributed by atoms with Crippen LogP contribution in [0.2, 0.25) is 0 Å². The first-order chi connectivity index (χ1) is 14.5. The Morgan fingerprint density at radius 3 is 2.03 bits per heavy atom. The highest BCUT2D eigenvalue weighted by Gasteiger charge is 2.35. The molecule has 7 nitrogen and oxygen atoms in total. The zero-order valence-corrected chi connectivity index (χ0v) is 19.9. The van der Waals surface area contributed by atoms with E-state index in [2.05, 4.69) is 16.0 Å². The molecular formula is C20H20Cl3N3O4S. The van der Waals surface area contributed by atoms with E-state index in [9.17, 15) is 9.59 Å². The molecule has 0 heterocycles. The van der Waals surface area contributed by atoms with Crippen LogP contribution in [-0.4, -0.2) is 41.0 Å². The van der Waals surface area contributed by atoms with Crippen LogP contribution in [0.15, 0.2) is 42.5 Å². The summed E-state index contributed by atoms with van der Waals surface area (Å²) in [6.45, 7) is 1.47. The second-order valence-electron chi connectivity index (χ2n) is 6.25. The summed E-state index contributed by atoms with van der Waals surface area (Å²) in [5.74, 6) is 0.260. The molecule has 0 saturated heterocycles. The molecule has 1 atom stereocenters. The molecule has 0 radical (unpaired) electrons. The van der Waals surface area contributed by atoms with Crippen molar-refractivity contribution in [3.05, 3.63) is 53.6 Å². The van der Waals surface area contributed by atoms with E-state index in [1.165, 1.54) is 27.2 Å². The third-order valence-electron chi connectivity index (χ3n) is 4.07. The van der Waals surface area contributed by atoms with E-state index in [1.54, 1.807) is 36.4 Å². The predicted molar refractivity (Wildman–Crippen MR) is 127 cm³/mol. The van der Waals surface area contributed by atoms with Gasteiger partial charge in [-0.2, -0.15) is 0 Å². The Kier molecular flexibility index (Phi) is 8.76. The van der Waals surface area contributed by atoms with E-state index in [4.69, 9.17) is 56.5 Å². The van der Waals surface area contributed by atoms with Crippen LogP contribution in [0.1, 0.15) is 27.6 Å². The van der Waals surface area contributed by atoms with Crippen LogP contribution in [0.25, 0.3) is 0 Å². The van der Waals surface area contributed by atoms with Crippen molar-refractivity contribution in [3.63, 3.8) is 0 Å². The largest absolute Gasteiger partial charge is 0.493 e. The number of nitrogens with one attached hydrogen (secondary N) is 3. The minimum atomic E-state index is -1.92. The molecule has 1 unspecified atom stereocenters. The van der Waals surface area contributed by atoms with Crippen molar-refractivity contribution in [1.29, 1.82) is 0 Å². The number of benzene rings is 2. The van der Waals surface area contributed by atoms with Crippen molar-refractivity contribution >= 4 is 69.5 Å². The van der Waals surface area contributed by atoms with Gasteiger partial charge in [-0.25, -0.2) is 0 Å². The maximum atomic E-state index is 12.7. The van der Waals surface area contributed by atoms with Crippen molar-refractivity contribution in [1.82, 2.24) is 10.6 Å². The quantitative estimate of drug-likeness (QED) is 0.224. The van der Waals surface area contributed by atoms with E-state index >= 15 is 0 Å². The lowest BCUT2D eigenvalue weighted by Gasteiger charge is -2.28. The molecule has 1 amide bonds. The Balaban J connectivity index is 2.10. The summed E-state index contributed by atoms with van der Waals surface area (Å²) in [5, 5.41) is 8.35. The average Bonchev–Trinajstić information content (AvgIpc) is 2.72. The Bertz CT molecular complexity index is 965. The number of ether oxygens (including phenoxy) is 2. The zero-order valence-electron chi connectivity index (χ0n) is 16.8. The van der Waals surface area contributed by atoms with Crippen molar-refractivity contribution in [2.75, 3.05) is 19.5 Å². The molecule has 0 spiro atoms. The maximum Gasteiger partial charge on any atom is 0.253 e. The second kappa shape index (κ2) is 10.9. The topological polar surface area (TPSA) is 88.7 Å². The highest BCUT2D eigenvalue weighted by atomic mass is 35.6. The molecule has 0 aromatic heterocycles. The SMILES string of the molecule is COc1ccc(C(=O)NC(NC(=S)Nc2ccc(C(C)=O)cc2)C(Cl)(Cl)Cl)cc1OC. The van der Waals surface area contributed by atoms with E-state index in [0.29, 0.717) is 22.7 Å². The van der Waals surface area contributed by atoms with Gasteiger partial charge >= 0.3 is 0 Å². The number of hydrogen-bond donors (Lipinski definition) is 3. The molecule has 0 aliphatic heterocycles. The highest BCUT2D eigenvalue weighted by Crippen LogP contribution is 2.30. The Labute approximate surface area is 200 Å². The van der Waals surface area contributed by atoms with E-state index in [-0.39, 0.29) is 16.5 Å². The van der Waals surface area contributed by atoms with Crippen LogP contribution in [0.5, 0.6) is 11.5 Å². The third kappa shape index (κ3) is 7.14. The lowest BCUT2D eigenvalue weighted by atomic mass is 10.1. The van der Waals surface area contributed by atoms with Gasteiger partial charge in [-0.05, 0) is 61.6 Å². The first-order valence-corrected chi connectivity index (χ1v) is 10.4. The summed E-state index contributed by atoms with van der Waals surface area (Å²) >= 11 is 23.3. The number of Topliss-reactive ketones (excluding diaryl/α,β-unsaturated/α-hetero) is 1. The minimum Gasteiger partial charge on any atom is -0.493 e. The molecule has 3 N–H and O–H groups in total. The fourth-order valence-electron chi connectivity index (χ4n) is 2.48. The summed E-state index contributed by atoms with van der Waals surface area (Å²) in [7, 11) is 2.94. The van der Waals surface area contributed by atoms with Gasteiger partial charge in [0.05, 0.1) is 14.2 Å². The van der Waals surface area contributed by atoms with E-state index in [1.807, 2.05) is 0 Å². The van der Waals surface area contributed by atoms with Crippen LogP contribution in [-0.2, 0) is 0 Å². The van der Waals surface area contributed by atoms with Crippen LogP contribution < -0.4 is 25.4 Å².